The summed E-state index contributed by atoms with van der Waals surface area (Å²) in [5.74, 6) is 1.42. The normalized spacial score (nSPS) is 39.2. The third kappa shape index (κ3) is 3.18. The van der Waals surface area contributed by atoms with E-state index < -0.39 is 0 Å². The molecule has 1 aliphatic heterocycles. The predicted molar refractivity (Wildman–Crippen MR) is 62.8 cm³/mol. The highest BCUT2D eigenvalue weighted by molar-refractivity contribution is 4.79. The van der Waals surface area contributed by atoms with Gasteiger partial charge in [0.05, 0.1) is 6.10 Å². The number of nitrogens with zero attached hydrogens (tertiary/aromatic N) is 1. The third-order valence-electron chi connectivity index (χ3n) is 4.10. The average molecular weight is 211 g/mol. The Morgan fingerprint density at radius 2 is 1.93 bits per heavy atom. The van der Waals surface area contributed by atoms with E-state index >= 15 is 0 Å². The number of hydrogen-bond acceptors (Lipinski definition) is 2. The summed E-state index contributed by atoms with van der Waals surface area (Å²) in [5.41, 5.74) is 0. The van der Waals surface area contributed by atoms with Crippen LogP contribution in [-0.4, -0.2) is 35.7 Å². The topological polar surface area (TPSA) is 23.5 Å². The van der Waals surface area contributed by atoms with Gasteiger partial charge >= 0.3 is 0 Å². The summed E-state index contributed by atoms with van der Waals surface area (Å²) in [6, 6.07) is 0. The maximum atomic E-state index is 9.94. The Morgan fingerprint density at radius 1 is 1.13 bits per heavy atom. The van der Waals surface area contributed by atoms with Gasteiger partial charge in [-0.05, 0) is 44.1 Å². The Labute approximate surface area is 93.7 Å². The molecule has 2 aliphatic rings. The van der Waals surface area contributed by atoms with Crippen molar-refractivity contribution in [3.8, 4) is 0 Å². The minimum Gasteiger partial charge on any atom is -0.393 e. The van der Waals surface area contributed by atoms with Crippen molar-refractivity contribution in [2.45, 2.75) is 51.6 Å². The van der Waals surface area contributed by atoms with Crippen LogP contribution < -0.4 is 0 Å². The highest BCUT2D eigenvalue weighted by Gasteiger charge is 2.26. The SMILES string of the molecule is CC1CCCN(CC2CCCCC2O)C1. The summed E-state index contributed by atoms with van der Waals surface area (Å²) >= 11 is 0. The standard InChI is InChI=1S/C13H25NO/c1-11-5-4-8-14(9-11)10-12-6-2-3-7-13(12)15/h11-13,15H,2-10H2,1H3. The molecule has 1 aliphatic carbocycles. The van der Waals surface area contributed by atoms with E-state index in [2.05, 4.69) is 11.8 Å². The van der Waals surface area contributed by atoms with Crippen molar-refractivity contribution in [3.05, 3.63) is 0 Å². The summed E-state index contributed by atoms with van der Waals surface area (Å²) in [4.78, 5) is 2.58. The van der Waals surface area contributed by atoms with Gasteiger partial charge in [-0.1, -0.05) is 19.8 Å². The van der Waals surface area contributed by atoms with Gasteiger partial charge in [0.15, 0.2) is 0 Å². The molecule has 3 unspecified atom stereocenters. The van der Waals surface area contributed by atoms with Crippen molar-refractivity contribution in [1.82, 2.24) is 4.90 Å². The number of hydrogen-bond donors (Lipinski definition) is 1. The monoisotopic (exact) mass is 211 g/mol. The van der Waals surface area contributed by atoms with Crippen LogP contribution in [0.2, 0.25) is 0 Å². The van der Waals surface area contributed by atoms with Crippen molar-refractivity contribution in [2.24, 2.45) is 11.8 Å². The largest absolute Gasteiger partial charge is 0.393 e. The fraction of sp³-hybridized carbons (Fsp3) is 1.00. The molecular weight excluding hydrogens is 186 g/mol. The summed E-state index contributed by atoms with van der Waals surface area (Å²) < 4.78 is 0. The van der Waals surface area contributed by atoms with Crippen molar-refractivity contribution >= 4 is 0 Å². The lowest BCUT2D eigenvalue weighted by atomic mass is 9.85. The zero-order chi connectivity index (χ0) is 10.7. The first-order chi connectivity index (χ1) is 7.25. The van der Waals surface area contributed by atoms with Crippen LogP contribution in [0.1, 0.15) is 45.4 Å². The maximum Gasteiger partial charge on any atom is 0.0580 e. The van der Waals surface area contributed by atoms with Gasteiger partial charge in [0.2, 0.25) is 0 Å². The second kappa shape index (κ2) is 5.31. The Kier molecular flexibility index (Phi) is 4.04. The lowest BCUT2D eigenvalue weighted by molar-refractivity contribution is 0.0374. The van der Waals surface area contributed by atoms with Gasteiger partial charge in [-0.2, -0.15) is 0 Å². The highest BCUT2D eigenvalue weighted by atomic mass is 16.3. The first kappa shape index (κ1) is 11.4. The van der Waals surface area contributed by atoms with Crippen molar-refractivity contribution in [1.29, 1.82) is 0 Å². The van der Waals surface area contributed by atoms with E-state index in [0.29, 0.717) is 5.92 Å². The highest BCUT2D eigenvalue weighted by Crippen LogP contribution is 2.26. The molecule has 15 heavy (non-hydrogen) atoms. The molecule has 0 amide bonds. The second-order valence-corrected chi connectivity index (χ2v) is 5.62. The first-order valence-corrected chi connectivity index (χ1v) is 6.66. The van der Waals surface area contributed by atoms with E-state index in [9.17, 15) is 5.11 Å². The number of likely N-dealkylation sites (tertiary alicyclic amines) is 1. The molecule has 0 aromatic carbocycles. The van der Waals surface area contributed by atoms with E-state index in [1.165, 1.54) is 45.2 Å². The molecule has 1 saturated heterocycles. The van der Waals surface area contributed by atoms with Gasteiger partial charge in [-0.3, -0.25) is 0 Å². The predicted octanol–water partition coefficient (Wildman–Crippen LogP) is 2.27. The first-order valence-electron chi connectivity index (χ1n) is 6.66. The molecule has 2 nitrogen and oxygen atoms in total. The van der Waals surface area contributed by atoms with E-state index in [1.807, 2.05) is 0 Å². The number of aliphatic hydroxyl groups is 1. The van der Waals surface area contributed by atoms with E-state index in [-0.39, 0.29) is 6.10 Å². The van der Waals surface area contributed by atoms with Crippen LogP contribution in [0.25, 0.3) is 0 Å². The second-order valence-electron chi connectivity index (χ2n) is 5.62. The number of piperidine rings is 1. The fourth-order valence-corrected chi connectivity index (χ4v) is 3.19. The van der Waals surface area contributed by atoms with Gasteiger partial charge < -0.3 is 10.0 Å². The summed E-state index contributed by atoms with van der Waals surface area (Å²) in [7, 11) is 0. The zero-order valence-corrected chi connectivity index (χ0v) is 9.99. The Morgan fingerprint density at radius 3 is 2.67 bits per heavy atom. The summed E-state index contributed by atoms with van der Waals surface area (Å²) in [5, 5.41) is 9.94. The van der Waals surface area contributed by atoms with Crippen LogP contribution in [-0.2, 0) is 0 Å². The average Bonchev–Trinajstić information content (AvgIpc) is 2.22. The van der Waals surface area contributed by atoms with Gasteiger partial charge in [-0.25, -0.2) is 0 Å². The number of aliphatic hydroxyl groups excluding tert-OH is 1. The molecule has 88 valence electrons. The van der Waals surface area contributed by atoms with E-state index in [0.717, 1.165) is 18.9 Å². The number of rotatable bonds is 2. The molecule has 2 rings (SSSR count). The fourth-order valence-electron chi connectivity index (χ4n) is 3.19. The van der Waals surface area contributed by atoms with Crippen LogP contribution in [0, 0.1) is 11.8 Å². The molecule has 0 radical (unpaired) electrons. The molecule has 0 spiro atoms. The molecule has 1 saturated carbocycles. The quantitative estimate of drug-likeness (QED) is 0.757. The molecule has 2 heteroatoms. The lowest BCUT2D eigenvalue weighted by Crippen LogP contribution is -2.41. The van der Waals surface area contributed by atoms with Crippen LogP contribution in [0.15, 0.2) is 0 Å². The molecule has 0 bridgehead atoms. The molecule has 3 atom stereocenters. The summed E-state index contributed by atoms with van der Waals surface area (Å²) in [6.45, 7) is 6.01. The minimum atomic E-state index is -0.0176. The Hall–Kier alpha value is -0.0800. The molecule has 1 N–H and O–H groups in total. The molecule has 1 heterocycles. The molecule has 0 aromatic heterocycles. The molecule has 0 aromatic rings. The molecular formula is C13H25NO. The van der Waals surface area contributed by atoms with E-state index in [4.69, 9.17) is 0 Å². The molecule has 2 fully saturated rings. The van der Waals surface area contributed by atoms with E-state index in [1.54, 1.807) is 0 Å². The van der Waals surface area contributed by atoms with Gasteiger partial charge in [0.25, 0.3) is 0 Å². The van der Waals surface area contributed by atoms with Crippen LogP contribution in [0.3, 0.4) is 0 Å². The maximum absolute atomic E-state index is 9.94. The van der Waals surface area contributed by atoms with Gasteiger partial charge in [0.1, 0.15) is 0 Å². The Balaban J connectivity index is 1.79. The van der Waals surface area contributed by atoms with Crippen LogP contribution in [0.5, 0.6) is 0 Å². The minimum absolute atomic E-state index is 0.0176. The lowest BCUT2D eigenvalue weighted by Gasteiger charge is -2.36. The zero-order valence-electron chi connectivity index (χ0n) is 9.99. The van der Waals surface area contributed by atoms with Crippen molar-refractivity contribution < 1.29 is 5.11 Å². The van der Waals surface area contributed by atoms with Gasteiger partial charge in [0, 0.05) is 13.1 Å². The Bertz CT molecular complexity index is 195. The summed E-state index contributed by atoms with van der Waals surface area (Å²) in [6.07, 6.45) is 7.56. The third-order valence-corrected chi connectivity index (χ3v) is 4.10. The van der Waals surface area contributed by atoms with Crippen molar-refractivity contribution in [2.75, 3.05) is 19.6 Å². The van der Waals surface area contributed by atoms with Crippen molar-refractivity contribution in [3.63, 3.8) is 0 Å². The van der Waals surface area contributed by atoms with Crippen LogP contribution in [0.4, 0.5) is 0 Å². The smallest absolute Gasteiger partial charge is 0.0580 e. The van der Waals surface area contributed by atoms with Crippen LogP contribution >= 0.6 is 0 Å². The van der Waals surface area contributed by atoms with Gasteiger partial charge in [-0.15, -0.1) is 0 Å².